The zero-order chi connectivity index (χ0) is 20.4. The molecule has 0 aliphatic carbocycles. The van der Waals surface area contributed by atoms with Gasteiger partial charge in [-0.25, -0.2) is 4.79 Å². The second kappa shape index (κ2) is 17.5. The number of aliphatic hydroxyl groups is 1. The fraction of sp³-hybridized carbons (Fsp3) is 0.957. The molecule has 0 bridgehead atoms. The number of unbranched alkanes of at least 4 members (excludes halogenated alkanes) is 10. The van der Waals surface area contributed by atoms with Gasteiger partial charge >= 0.3 is 5.97 Å². The molecule has 1 N–H and O–H groups in total. The van der Waals surface area contributed by atoms with Gasteiger partial charge in [-0.2, -0.15) is 0 Å². The van der Waals surface area contributed by atoms with E-state index < -0.39 is 5.60 Å². The highest BCUT2D eigenvalue weighted by atomic mass is 16.6. The summed E-state index contributed by atoms with van der Waals surface area (Å²) in [5.41, 5.74) is -0.835. The fourth-order valence-corrected chi connectivity index (χ4v) is 3.25. The van der Waals surface area contributed by atoms with Crippen molar-refractivity contribution in [1.82, 2.24) is 0 Å². The van der Waals surface area contributed by atoms with Gasteiger partial charge in [-0.15, -0.1) is 0 Å². The van der Waals surface area contributed by atoms with Crippen molar-refractivity contribution in [1.29, 1.82) is 0 Å². The maximum Gasteiger partial charge on any atom is 0.337 e. The molecule has 4 heteroatoms. The summed E-state index contributed by atoms with van der Waals surface area (Å²) in [7, 11) is 0. The molecule has 0 aliphatic heterocycles. The van der Waals surface area contributed by atoms with Crippen LogP contribution in [-0.2, 0) is 14.3 Å². The van der Waals surface area contributed by atoms with Crippen molar-refractivity contribution in [2.75, 3.05) is 13.2 Å². The number of hydrogen-bond acceptors (Lipinski definition) is 4. The van der Waals surface area contributed by atoms with Crippen LogP contribution in [0.3, 0.4) is 0 Å². The van der Waals surface area contributed by atoms with E-state index in [4.69, 9.17) is 9.47 Å². The molecule has 0 aromatic carbocycles. The molecule has 0 spiro atoms. The smallest absolute Gasteiger partial charge is 0.337 e. The predicted octanol–water partition coefficient (Wildman–Crippen LogP) is 6.19. The third kappa shape index (κ3) is 16.1. The van der Waals surface area contributed by atoms with Crippen molar-refractivity contribution in [2.45, 2.75) is 129 Å². The average molecular weight is 387 g/mol. The summed E-state index contributed by atoms with van der Waals surface area (Å²) in [5.74, 6) is -0.267. The van der Waals surface area contributed by atoms with E-state index in [1.165, 1.54) is 57.8 Å². The van der Waals surface area contributed by atoms with Crippen molar-refractivity contribution in [2.24, 2.45) is 0 Å². The van der Waals surface area contributed by atoms with Crippen LogP contribution in [0.25, 0.3) is 0 Å². The largest absolute Gasteiger partial charge is 0.464 e. The molecule has 0 heterocycles. The van der Waals surface area contributed by atoms with Crippen molar-refractivity contribution in [3.8, 4) is 0 Å². The number of ether oxygens (including phenoxy) is 2. The van der Waals surface area contributed by atoms with Gasteiger partial charge in [0.15, 0.2) is 5.60 Å². The maximum absolute atomic E-state index is 11.9. The summed E-state index contributed by atoms with van der Waals surface area (Å²) < 4.78 is 10.7. The first-order chi connectivity index (χ1) is 12.9. The number of carbonyl (C=O) groups is 1. The molecule has 0 saturated carbocycles. The summed E-state index contributed by atoms with van der Waals surface area (Å²) in [4.78, 5) is 11.9. The van der Waals surface area contributed by atoms with Crippen LogP contribution >= 0.6 is 0 Å². The van der Waals surface area contributed by atoms with E-state index >= 15 is 0 Å². The van der Waals surface area contributed by atoms with E-state index in [-0.39, 0.29) is 12.1 Å². The molecule has 0 aromatic rings. The quantitative estimate of drug-likeness (QED) is 0.212. The van der Waals surface area contributed by atoms with Crippen LogP contribution < -0.4 is 0 Å². The molecule has 0 saturated heterocycles. The van der Waals surface area contributed by atoms with Crippen molar-refractivity contribution < 1.29 is 19.4 Å². The first-order valence-corrected chi connectivity index (χ1v) is 11.4. The van der Waals surface area contributed by atoms with Crippen molar-refractivity contribution in [3.63, 3.8) is 0 Å². The molecule has 0 aliphatic rings. The Bertz CT molecular complexity index is 341. The summed E-state index contributed by atoms with van der Waals surface area (Å²) in [5, 5.41) is 9.95. The molecule has 162 valence electrons. The van der Waals surface area contributed by atoms with Crippen LogP contribution in [0.15, 0.2) is 0 Å². The zero-order valence-electron chi connectivity index (χ0n) is 18.6. The Morgan fingerprint density at radius 2 is 1.30 bits per heavy atom. The molecule has 0 aromatic heterocycles. The minimum atomic E-state index is -0.835. The number of hydrogen-bond donors (Lipinski definition) is 1. The second-order valence-corrected chi connectivity index (χ2v) is 8.20. The monoisotopic (exact) mass is 386 g/mol. The molecular formula is C23H46O4. The zero-order valence-corrected chi connectivity index (χ0v) is 18.6. The van der Waals surface area contributed by atoms with Gasteiger partial charge in [-0.05, 0) is 40.0 Å². The lowest BCUT2D eigenvalue weighted by atomic mass is 10.0. The molecule has 0 radical (unpaired) electrons. The van der Waals surface area contributed by atoms with Gasteiger partial charge < -0.3 is 14.6 Å². The lowest BCUT2D eigenvalue weighted by molar-refractivity contribution is -0.167. The minimum absolute atomic E-state index is 0.0859. The number of rotatable bonds is 19. The summed E-state index contributed by atoms with van der Waals surface area (Å²) in [6.45, 7) is 8.61. The van der Waals surface area contributed by atoms with Gasteiger partial charge in [-0.3, -0.25) is 0 Å². The molecule has 4 nitrogen and oxygen atoms in total. The molecule has 0 rings (SSSR count). The Morgan fingerprint density at radius 3 is 1.81 bits per heavy atom. The van der Waals surface area contributed by atoms with Crippen LogP contribution in [0, 0.1) is 0 Å². The SMILES string of the molecule is CCCCCCC(O)CCCCCCCCCCOC(=O)C(C)(C)OCC. The lowest BCUT2D eigenvalue weighted by Crippen LogP contribution is -2.36. The standard InChI is InChI=1S/C23H46O4/c1-5-7-8-15-18-21(24)19-16-13-11-9-10-12-14-17-20-26-22(25)23(3,4)27-6-2/h21,24H,5-20H2,1-4H3. The summed E-state index contributed by atoms with van der Waals surface area (Å²) >= 11 is 0. The Labute approximate surface area is 168 Å². The van der Waals surface area contributed by atoms with E-state index in [0.717, 1.165) is 32.1 Å². The van der Waals surface area contributed by atoms with Crippen LogP contribution in [0.5, 0.6) is 0 Å². The van der Waals surface area contributed by atoms with Crippen LogP contribution in [0.1, 0.15) is 118 Å². The lowest BCUT2D eigenvalue weighted by Gasteiger charge is -2.22. The van der Waals surface area contributed by atoms with E-state index in [9.17, 15) is 9.90 Å². The molecule has 27 heavy (non-hydrogen) atoms. The van der Waals surface area contributed by atoms with E-state index in [1.807, 2.05) is 6.92 Å². The van der Waals surface area contributed by atoms with E-state index in [1.54, 1.807) is 13.8 Å². The Morgan fingerprint density at radius 1 is 0.815 bits per heavy atom. The van der Waals surface area contributed by atoms with Crippen LogP contribution in [0.2, 0.25) is 0 Å². The Kier molecular flexibility index (Phi) is 17.1. The molecule has 0 amide bonds. The molecule has 1 atom stereocenters. The van der Waals surface area contributed by atoms with Gasteiger partial charge in [0.25, 0.3) is 0 Å². The highest BCUT2D eigenvalue weighted by molar-refractivity contribution is 5.78. The first kappa shape index (κ1) is 26.4. The molecule has 1 unspecified atom stereocenters. The Balaban J connectivity index is 3.35. The highest BCUT2D eigenvalue weighted by Gasteiger charge is 2.29. The summed E-state index contributed by atoms with van der Waals surface area (Å²) in [6, 6.07) is 0. The molecule has 0 fully saturated rings. The van der Waals surface area contributed by atoms with Crippen molar-refractivity contribution >= 4 is 5.97 Å². The third-order valence-electron chi connectivity index (χ3n) is 5.05. The summed E-state index contributed by atoms with van der Waals surface area (Å²) in [6.07, 6.45) is 16.2. The highest BCUT2D eigenvalue weighted by Crippen LogP contribution is 2.15. The molecular weight excluding hydrogens is 340 g/mol. The fourth-order valence-electron chi connectivity index (χ4n) is 3.25. The average Bonchev–Trinajstić information content (AvgIpc) is 2.63. The predicted molar refractivity (Wildman–Crippen MR) is 113 cm³/mol. The third-order valence-corrected chi connectivity index (χ3v) is 5.05. The van der Waals surface area contributed by atoms with Gasteiger partial charge in [-0.1, -0.05) is 77.6 Å². The van der Waals surface area contributed by atoms with Crippen LogP contribution in [-0.4, -0.2) is 36.0 Å². The van der Waals surface area contributed by atoms with Gasteiger partial charge in [0, 0.05) is 6.61 Å². The first-order valence-electron chi connectivity index (χ1n) is 11.4. The van der Waals surface area contributed by atoms with Crippen molar-refractivity contribution in [3.05, 3.63) is 0 Å². The minimum Gasteiger partial charge on any atom is -0.464 e. The normalized spacial score (nSPS) is 12.9. The van der Waals surface area contributed by atoms with Crippen LogP contribution in [0.4, 0.5) is 0 Å². The maximum atomic E-state index is 11.9. The van der Waals surface area contributed by atoms with Gasteiger partial charge in [0.2, 0.25) is 0 Å². The topological polar surface area (TPSA) is 55.8 Å². The number of carbonyl (C=O) groups excluding carboxylic acids is 1. The number of aliphatic hydroxyl groups excluding tert-OH is 1. The van der Waals surface area contributed by atoms with E-state index in [2.05, 4.69) is 6.92 Å². The Hall–Kier alpha value is -0.610. The number of esters is 1. The van der Waals surface area contributed by atoms with E-state index in [0.29, 0.717) is 13.2 Å². The van der Waals surface area contributed by atoms with Gasteiger partial charge in [0.05, 0.1) is 12.7 Å². The van der Waals surface area contributed by atoms with Gasteiger partial charge in [0.1, 0.15) is 0 Å². The second-order valence-electron chi connectivity index (χ2n) is 8.20.